The van der Waals surface area contributed by atoms with E-state index in [1.165, 1.54) is 88.3 Å². The second kappa shape index (κ2) is 13.4. The van der Waals surface area contributed by atoms with Crippen LogP contribution >= 0.6 is 0 Å². The average Bonchev–Trinajstić information content (AvgIpc) is 2.59. The van der Waals surface area contributed by atoms with E-state index < -0.39 is 0 Å². The topological polar surface area (TPSA) is 3.88 Å². The molecule has 1 nitrogen and oxygen atoms in total. The molecule has 0 radical (unpaired) electrons. The van der Waals surface area contributed by atoms with Crippen molar-refractivity contribution in [3.63, 3.8) is 0 Å². The van der Waals surface area contributed by atoms with Crippen LogP contribution < -0.4 is 4.57 Å². The quantitative estimate of drug-likeness (QED) is 0.242. The Morgan fingerprint density at radius 2 is 1.16 bits per heavy atom. The molecule has 0 aliphatic heterocycles. The van der Waals surface area contributed by atoms with E-state index in [0.29, 0.717) is 11.8 Å². The van der Waals surface area contributed by atoms with Crippen LogP contribution in [-0.4, -0.2) is 0 Å². The van der Waals surface area contributed by atoms with Crippen molar-refractivity contribution < 1.29 is 4.57 Å². The predicted molar refractivity (Wildman–Crippen MR) is 111 cm³/mol. The monoisotopic (exact) mass is 346 g/mol. The van der Waals surface area contributed by atoms with Crippen molar-refractivity contribution in [2.24, 2.45) is 0 Å². The Labute approximate surface area is 158 Å². The first kappa shape index (κ1) is 22.2. The van der Waals surface area contributed by atoms with E-state index in [4.69, 9.17) is 0 Å². The van der Waals surface area contributed by atoms with E-state index in [9.17, 15) is 0 Å². The zero-order chi connectivity index (χ0) is 18.5. The van der Waals surface area contributed by atoms with Crippen molar-refractivity contribution in [1.82, 2.24) is 0 Å². The fourth-order valence-corrected chi connectivity index (χ4v) is 3.67. The first-order valence-electron chi connectivity index (χ1n) is 11.1. The van der Waals surface area contributed by atoms with Crippen LogP contribution in [0, 0.1) is 0 Å². The molecule has 1 heterocycles. The van der Waals surface area contributed by atoms with Gasteiger partial charge in [-0.3, -0.25) is 0 Å². The third-order valence-electron chi connectivity index (χ3n) is 5.35. The molecule has 0 bridgehead atoms. The lowest BCUT2D eigenvalue weighted by molar-refractivity contribution is -0.697. The van der Waals surface area contributed by atoms with Crippen LogP contribution in [0.25, 0.3) is 0 Å². The van der Waals surface area contributed by atoms with Gasteiger partial charge in [-0.2, -0.15) is 0 Å². The molecule has 0 aliphatic carbocycles. The Kier molecular flexibility index (Phi) is 11.9. The molecule has 0 spiro atoms. The van der Waals surface area contributed by atoms with Crippen molar-refractivity contribution >= 4 is 0 Å². The summed E-state index contributed by atoms with van der Waals surface area (Å²) in [6.45, 7) is 12.7. The molecule has 1 rings (SSSR count). The van der Waals surface area contributed by atoms with E-state index in [0.717, 1.165) is 0 Å². The lowest BCUT2D eigenvalue weighted by atomic mass is 9.92. The molecule has 1 aromatic heterocycles. The molecule has 0 amide bonds. The molecule has 0 aromatic carbocycles. The highest BCUT2D eigenvalue weighted by Crippen LogP contribution is 2.24. The second-order valence-electron chi connectivity index (χ2n) is 8.44. The molecule has 0 saturated carbocycles. The normalized spacial score (nSPS) is 11.6. The van der Waals surface area contributed by atoms with E-state index in [1.807, 2.05) is 0 Å². The molecule has 0 fully saturated rings. The maximum Gasteiger partial charge on any atom is 0.172 e. The Morgan fingerprint density at radius 3 is 1.64 bits per heavy atom. The van der Waals surface area contributed by atoms with Gasteiger partial charge in [0.25, 0.3) is 0 Å². The molecular weight excluding hydrogens is 302 g/mol. The third-order valence-corrected chi connectivity index (χ3v) is 5.35. The summed E-state index contributed by atoms with van der Waals surface area (Å²) >= 11 is 0. The minimum Gasteiger partial charge on any atom is -0.205 e. The smallest absolute Gasteiger partial charge is 0.172 e. The van der Waals surface area contributed by atoms with E-state index in [1.54, 1.807) is 0 Å². The van der Waals surface area contributed by atoms with Crippen molar-refractivity contribution in [2.45, 2.75) is 124 Å². The lowest BCUT2D eigenvalue weighted by Gasteiger charge is -2.14. The zero-order valence-electron chi connectivity index (χ0n) is 17.8. The van der Waals surface area contributed by atoms with Crippen LogP contribution in [-0.2, 0) is 6.54 Å². The first-order valence-corrected chi connectivity index (χ1v) is 11.1. The number of pyridine rings is 1. The van der Waals surface area contributed by atoms with Crippen molar-refractivity contribution in [2.75, 3.05) is 0 Å². The van der Waals surface area contributed by atoms with Crippen molar-refractivity contribution in [1.29, 1.82) is 0 Å². The van der Waals surface area contributed by atoms with Gasteiger partial charge in [-0.1, -0.05) is 92.4 Å². The largest absolute Gasteiger partial charge is 0.205 e. The molecule has 144 valence electrons. The lowest BCUT2D eigenvalue weighted by Crippen LogP contribution is -2.34. The molecule has 1 heteroatoms. The number of rotatable bonds is 14. The van der Waals surface area contributed by atoms with E-state index in [2.05, 4.69) is 57.6 Å². The summed E-state index contributed by atoms with van der Waals surface area (Å²) in [5.41, 5.74) is 3.05. The minimum atomic E-state index is 0.613. The average molecular weight is 347 g/mol. The second-order valence-corrected chi connectivity index (χ2v) is 8.44. The fourth-order valence-electron chi connectivity index (χ4n) is 3.67. The van der Waals surface area contributed by atoms with Gasteiger partial charge in [-0.25, -0.2) is 4.57 Å². The van der Waals surface area contributed by atoms with Gasteiger partial charge in [0.05, 0.1) is 0 Å². The Morgan fingerprint density at radius 1 is 0.680 bits per heavy atom. The molecule has 0 unspecified atom stereocenters. The number of hydrogen-bond acceptors (Lipinski definition) is 0. The molecule has 1 aromatic rings. The van der Waals surface area contributed by atoms with Gasteiger partial charge in [0.1, 0.15) is 6.54 Å². The van der Waals surface area contributed by atoms with Crippen LogP contribution in [0.15, 0.2) is 18.5 Å². The van der Waals surface area contributed by atoms with Gasteiger partial charge >= 0.3 is 0 Å². The highest BCUT2D eigenvalue weighted by atomic mass is 14.9. The summed E-state index contributed by atoms with van der Waals surface area (Å²) < 4.78 is 2.41. The van der Waals surface area contributed by atoms with Gasteiger partial charge in [-0.15, -0.1) is 0 Å². The Balaban J connectivity index is 2.17. The SMILES string of the molecule is CCCCCCCCCCCCC[n+]1ccc(C(C)C)c(C(C)C)c1. The van der Waals surface area contributed by atoms with Gasteiger partial charge < -0.3 is 0 Å². The Hall–Kier alpha value is -0.850. The van der Waals surface area contributed by atoms with E-state index in [-0.39, 0.29) is 0 Å². The van der Waals surface area contributed by atoms with Gasteiger partial charge in [0, 0.05) is 18.1 Å². The standard InChI is InChI=1S/C24H44N/c1-6-7-8-9-10-11-12-13-14-15-16-18-25-19-17-23(21(2)3)24(20-25)22(4)5/h17,19-22H,6-16,18H2,1-5H3/q+1. The number of unbranched alkanes of at least 4 members (excludes halogenated alkanes) is 10. The highest BCUT2D eigenvalue weighted by molar-refractivity contribution is 5.27. The maximum atomic E-state index is 2.41. The number of aromatic nitrogens is 1. The zero-order valence-corrected chi connectivity index (χ0v) is 17.8. The van der Waals surface area contributed by atoms with Crippen LogP contribution in [0.3, 0.4) is 0 Å². The predicted octanol–water partition coefficient (Wildman–Crippen LogP) is 7.53. The maximum absolute atomic E-state index is 2.41. The van der Waals surface area contributed by atoms with Crippen molar-refractivity contribution in [3.8, 4) is 0 Å². The fraction of sp³-hybridized carbons (Fsp3) is 0.792. The molecular formula is C24H44N+. The summed E-state index contributed by atoms with van der Waals surface area (Å²) in [6.07, 6.45) is 20.3. The number of hydrogen-bond donors (Lipinski definition) is 0. The van der Waals surface area contributed by atoms with Gasteiger partial charge in [0.15, 0.2) is 12.4 Å². The van der Waals surface area contributed by atoms with Crippen LogP contribution in [0.1, 0.15) is 128 Å². The number of nitrogens with zero attached hydrogens (tertiary/aromatic N) is 1. The summed E-state index contributed by atoms with van der Waals surface area (Å²) in [7, 11) is 0. The molecule has 0 N–H and O–H groups in total. The summed E-state index contributed by atoms with van der Waals surface area (Å²) in [5, 5.41) is 0. The summed E-state index contributed by atoms with van der Waals surface area (Å²) in [5.74, 6) is 1.23. The van der Waals surface area contributed by atoms with E-state index >= 15 is 0 Å². The van der Waals surface area contributed by atoms with Crippen LogP contribution in [0.2, 0.25) is 0 Å². The molecule has 25 heavy (non-hydrogen) atoms. The highest BCUT2D eigenvalue weighted by Gasteiger charge is 2.14. The van der Waals surface area contributed by atoms with Crippen LogP contribution in [0.4, 0.5) is 0 Å². The van der Waals surface area contributed by atoms with Crippen molar-refractivity contribution in [3.05, 3.63) is 29.6 Å². The van der Waals surface area contributed by atoms with Crippen LogP contribution in [0.5, 0.6) is 0 Å². The summed E-state index contributed by atoms with van der Waals surface area (Å²) in [6, 6.07) is 2.35. The third kappa shape index (κ3) is 9.42. The molecule has 0 aliphatic rings. The minimum absolute atomic E-state index is 0.613. The number of aryl methyl sites for hydroxylation is 1. The molecule has 0 saturated heterocycles. The molecule has 0 atom stereocenters. The first-order chi connectivity index (χ1) is 12.1. The van der Waals surface area contributed by atoms with Gasteiger partial charge in [0.2, 0.25) is 0 Å². The van der Waals surface area contributed by atoms with Gasteiger partial charge in [-0.05, 0) is 23.8 Å². The Bertz CT molecular complexity index is 447. The summed E-state index contributed by atoms with van der Waals surface area (Å²) in [4.78, 5) is 0.